The van der Waals surface area contributed by atoms with E-state index in [1.54, 1.807) is 4.90 Å². The van der Waals surface area contributed by atoms with Crippen molar-refractivity contribution in [3.05, 3.63) is 0 Å². The lowest BCUT2D eigenvalue weighted by Gasteiger charge is -2.39. The van der Waals surface area contributed by atoms with Crippen LogP contribution in [-0.2, 0) is 4.79 Å². The van der Waals surface area contributed by atoms with E-state index in [0.29, 0.717) is 6.54 Å². The molecular formula is C13H25NO3. The van der Waals surface area contributed by atoms with Gasteiger partial charge in [-0.05, 0) is 26.7 Å². The predicted molar refractivity (Wildman–Crippen MR) is 66.5 cm³/mol. The summed E-state index contributed by atoms with van der Waals surface area (Å²) in [5, 5.41) is 18.4. The molecule has 1 amide bonds. The third-order valence-electron chi connectivity index (χ3n) is 3.66. The molecule has 17 heavy (non-hydrogen) atoms. The summed E-state index contributed by atoms with van der Waals surface area (Å²) in [5.41, 5.74) is -0.586. The number of carbonyl (C=O) groups excluding carboxylic acids is 1. The SMILES string of the molecule is CC(C)(CO)N(CCO)C(=O)C1CCCCC1. The minimum atomic E-state index is -0.586. The molecule has 0 heterocycles. The summed E-state index contributed by atoms with van der Waals surface area (Å²) in [6.07, 6.45) is 5.34. The lowest BCUT2D eigenvalue weighted by molar-refractivity contribution is -0.144. The largest absolute Gasteiger partial charge is 0.395 e. The molecule has 1 aliphatic rings. The highest BCUT2D eigenvalue weighted by atomic mass is 16.3. The molecule has 1 rings (SSSR count). The summed E-state index contributed by atoms with van der Waals surface area (Å²) in [4.78, 5) is 14.0. The minimum Gasteiger partial charge on any atom is -0.395 e. The van der Waals surface area contributed by atoms with E-state index in [0.717, 1.165) is 25.7 Å². The van der Waals surface area contributed by atoms with Crippen molar-refractivity contribution in [2.75, 3.05) is 19.8 Å². The quantitative estimate of drug-likeness (QED) is 0.761. The van der Waals surface area contributed by atoms with Crippen LogP contribution < -0.4 is 0 Å². The molecule has 4 heteroatoms. The van der Waals surface area contributed by atoms with E-state index in [2.05, 4.69) is 0 Å². The Morgan fingerprint density at radius 3 is 2.29 bits per heavy atom. The summed E-state index contributed by atoms with van der Waals surface area (Å²) >= 11 is 0. The first kappa shape index (κ1) is 14.5. The van der Waals surface area contributed by atoms with E-state index >= 15 is 0 Å². The second-order valence-electron chi connectivity index (χ2n) is 5.52. The maximum absolute atomic E-state index is 12.4. The Hall–Kier alpha value is -0.610. The van der Waals surface area contributed by atoms with Crippen LogP contribution in [0.15, 0.2) is 0 Å². The molecule has 0 bridgehead atoms. The number of carbonyl (C=O) groups is 1. The first-order chi connectivity index (χ1) is 8.03. The summed E-state index contributed by atoms with van der Waals surface area (Å²) in [6.45, 7) is 3.85. The highest BCUT2D eigenvalue weighted by Gasteiger charge is 2.34. The van der Waals surface area contributed by atoms with E-state index < -0.39 is 5.54 Å². The van der Waals surface area contributed by atoms with E-state index in [9.17, 15) is 9.90 Å². The molecule has 0 spiro atoms. The Bertz CT molecular complexity index is 247. The van der Waals surface area contributed by atoms with Crippen molar-refractivity contribution in [1.82, 2.24) is 4.90 Å². The number of aliphatic hydroxyl groups excluding tert-OH is 2. The number of nitrogens with zero attached hydrogens (tertiary/aromatic N) is 1. The van der Waals surface area contributed by atoms with Crippen molar-refractivity contribution in [2.24, 2.45) is 5.92 Å². The molecule has 0 unspecified atom stereocenters. The highest BCUT2D eigenvalue weighted by molar-refractivity contribution is 5.79. The molecule has 0 aromatic heterocycles. The van der Waals surface area contributed by atoms with Crippen LogP contribution in [0, 0.1) is 5.92 Å². The number of rotatable bonds is 5. The van der Waals surface area contributed by atoms with Crippen LogP contribution in [0.1, 0.15) is 46.0 Å². The molecule has 100 valence electrons. The van der Waals surface area contributed by atoms with Crippen molar-refractivity contribution < 1.29 is 15.0 Å². The fourth-order valence-corrected chi connectivity index (χ4v) is 2.47. The van der Waals surface area contributed by atoms with Gasteiger partial charge in [0.15, 0.2) is 0 Å². The Morgan fingerprint density at radius 2 is 1.82 bits per heavy atom. The van der Waals surface area contributed by atoms with Crippen molar-refractivity contribution in [2.45, 2.75) is 51.5 Å². The van der Waals surface area contributed by atoms with Gasteiger partial charge in [-0.1, -0.05) is 19.3 Å². The van der Waals surface area contributed by atoms with Gasteiger partial charge in [0, 0.05) is 12.5 Å². The highest BCUT2D eigenvalue weighted by Crippen LogP contribution is 2.27. The van der Waals surface area contributed by atoms with Gasteiger partial charge in [0.25, 0.3) is 0 Å². The number of hydrogen-bond acceptors (Lipinski definition) is 3. The fraction of sp³-hybridized carbons (Fsp3) is 0.923. The molecule has 0 saturated heterocycles. The number of hydrogen-bond donors (Lipinski definition) is 2. The minimum absolute atomic E-state index is 0.0537. The normalized spacial score (nSPS) is 18.1. The van der Waals surface area contributed by atoms with Crippen LogP contribution in [0.3, 0.4) is 0 Å². The zero-order chi connectivity index (χ0) is 12.9. The summed E-state index contributed by atoms with van der Waals surface area (Å²) in [5.74, 6) is 0.180. The Morgan fingerprint density at radius 1 is 1.24 bits per heavy atom. The third-order valence-corrected chi connectivity index (χ3v) is 3.66. The summed E-state index contributed by atoms with van der Waals surface area (Å²) in [7, 11) is 0. The van der Waals surface area contributed by atoms with E-state index in [1.165, 1.54) is 6.42 Å². The molecule has 1 saturated carbocycles. The van der Waals surface area contributed by atoms with E-state index in [4.69, 9.17) is 5.11 Å². The molecule has 1 aliphatic carbocycles. The van der Waals surface area contributed by atoms with Gasteiger partial charge < -0.3 is 15.1 Å². The van der Waals surface area contributed by atoms with Gasteiger partial charge in [0.05, 0.1) is 18.8 Å². The van der Waals surface area contributed by atoms with Gasteiger partial charge in [0.2, 0.25) is 5.91 Å². The van der Waals surface area contributed by atoms with Crippen molar-refractivity contribution in [3.8, 4) is 0 Å². The van der Waals surface area contributed by atoms with Crippen molar-refractivity contribution in [3.63, 3.8) is 0 Å². The molecular weight excluding hydrogens is 218 g/mol. The zero-order valence-corrected chi connectivity index (χ0v) is 11.0. The first-order valence-corrected chi connectivity index (χ1v) is 6.56. The molecule has 0 aromatic carbocycles. The second kappa shape index (κ2) is 6.36. The Balaban J connectivity index is 2.71. The van der Waals surface area contributed by atoms with Crippen molar-refractivity contribution >= 4 is 5.91 Å². The van der Waals surface area contributed by atoms with Crippen LogP contribution in [0.4, 0.5) is 0 Å². The number of amides is 1. The second-order valence-corrected chi connectivity index (χ2v) is 5.52. The van der Waals surface area contributed by atoms with Gasteiger partial charge in [-0.25, -0.2) is 0 Å². The molecule has 0 aromatic rings. The topological polar surface area (TPSA) is 60.8 Å². The molecule has 2 N–H and O–H groups in total. The molecule has 0 aliphatic heterocycles. The molecule has 0 radical (unpaired) electrons. The number of β-amino-alcohol motifs (C(OH)–C–C–N with tert-alkyl or cyclic N) is 1. The standard InChI is InChI=1S/C13H25NO3/c1-13(2,10-16)14(8-9-15)12(17)11-6-4-3-5-7-11/h11,15-16H,3-10H2,1-2H3. The maximum atomic E-state index is 12.4. The van der Waals surface area contributed by atoms with Crippen LogP contribution in [0.5, 0.6) is 0 Å². The third kappa shape index (κ3) is 3.68. The van der Waals surface area contributed by atoms with E-state index in [1.807, 2.05) is 13.8 Å². The Labute approximate surface area is 104 Å². The van der Waals surface area contributed by atoms with Crippen LogP contribution in [-0.4, -0.2) is 46.3 Å². The first-order valence-electron chi connectivity index (χ1n) is 6.56. The van der Waals surface area contributed by atoms with Gasteiger partial charge in [-0.15, -0.1) is 0 Å². The zero-order valence-electron chi connectivity index (χ0n) is 11.0. The van der Waals surface area contributed by atoms with Crippen LogP contribution in [0.25, 0.3) is 0 Å². The van der Waals surface area contributed by atoms with Gasteiger partial charge in [-0.3, -0.25) is 4.79 Å². The van der Waals surface area contributed by atoms with Gasteiger partial charge >= 0.3 is 0 Å². The smallest absolute Gasteiger partial charge is 0.226 e. The summed E-state index contributed by atoms with van der Waals surface area (Å²) < 4.78 is 0. The van der Waals surface area contributed by atoms with Crippen LogP contribution in [0.2, 0.25) is 0 Å². The summed E-state index contributed by atoms with van der Waals surface area (Å²) in [6, 6.07) is 0. The lowest BCUT2D eigenvalue weighted by atomic mass is 9.87. The van der Waals surface area contributed by atoms with Crippen molar-refractivity contribution in [1.29, 1.82) is 0 Å². The maximum Gasteiger partial charge on any atom is 0.226 e. The van der Waals surface area contributed by atoms with Crippen LogP contribution >= 0.6 is 0 Å². The fourth-order valence-electron chi connectivity index (χ4n) is 2.47. The molecule has 4 nitrogen and oxygen atoms in total. The molecule has 0 atom stereocenters. The predicted octanol–water partition coefficient (Wildman–Crippen LogP) is 1.16. The monoisotopic (exact) mass is 243 g/mol. The molecule has 1 fully saturated rings. The average Bonchev–Trinajstić information content (AvgIpc) is 2.36. The van der Waals surface area contributed by atoms with Gasteiger partial charge in [-0.2, -0.15) is 0 Å². The number of aliphatic hydroxyl groups is 2. The van der Waals surface area contributed by atoms with E-state index in [-0.39, 0.29) is 25.0 Å². The Kier molecular flexibility index (Phi) is 5.40. The average molecular weight is 243 g/mol. The van der Waals surface area contributed by atoms with Gasteiger partial charge in [0.1, 0.15) is 0 Å². The lowest BCUT2D eigenvalue weighted by Crippen LogP contribution is -2.53.